The molecule has 6 heteroatoms. The Morgan fingerprint density at radius 3 is 2.64 bits per heavy atom. The largest absolute Gasteiger partial charge is 0.475 e. The van der Waals surface area contributed by atoms with Crippen molar-refractivity contribution in [3.8, 4) is 5.75 Å². The maximum atomic E-state index is 6.32. The third kappa shape index (κ3) is 5.16. The molecular weight excluding hydrogens is 443 g/mol. The number of piperazine rings is 1. The summed E-state index contributed by atoms with van der Waals surface area (Å²) in [7, 11) is 5.87. The Morgan fingerprint density at radius 2 is 1.83 bits per heavy atom. The lowest BCUT2D eigenvalue weighted by Gasteiger charge is -2.36. The van der Waals surface area contributed by atoms with E-state index in [-0.39, 0.29) is 0 Å². The highest BCUT2D eigenvalue weighted by Gasteiger charge is 2.24. The van der Waals surface area contributed by atoms with Crippen molar-refractivity contribution >= 4 is 29.9 Å². The molecule has 184 valence electrons. The van der Waals surface area contributed by atoms with Crippen molar-refractivity contribution in [2.45, 2.75) is 45.2 Å². The van der Waals surface area contributed by atoms with Crippen LogP contribution in [0.25, 0.3) is 10.9 Å². The Labute approximate surface area is 216 Å². The second-order valence-electron chi connectivity index (χ2n) is 10.5. The summed E-state index contributed by atoms with van der Waals surface area (Å²) < 4.78 is 6.32. The molecule has 0 spiro atoms. The van der Waals surface area contributed by atoms with Gasteiger partial charge in [-0.1, -0.05) is 35.3 Å². The van der Waals surface area contributed by atoms with Gasteiger partial charge in [0.25, 0.3) is 0 Å². The summed E-state index contributed by atoms with van der Waals surface area (Å²) in [6, 6.07) is 14.9. The highest BCUT2D eigenvalue weighted by atomic mass is 16.5. The van der Waals surface area contributed by atoms with E-state index in [1.165, 1.54) is 47.9 Å². The number of ether oxygens (including phenoxy) is 1. The van der Waals surface area contributed by atoms with Crippen LogP contribution in [0.4, 0.5) is 5.69 Å². The van der Waals surface area contributed by atoms with Crippen LogP contribution in [0.5, 0.6) is 5.75 Å². The van der Waals surface area contributed by atoms with Crippen LogP contribution in [0.15, 0.2) is 60.3 Å². The molecular formula is C30H35BN4O. The molecule has 3 heterocycles. The average Bonchev–Trinajstić information content (AvgIpc) is 2.93. The van der Waals surface area contributed by atoms with Crippen LogP contribution in [-0.2, 0) is 13.1 Å². The quantitative estimate of drug-likeness (QED) is 0.388. The van der Waals surface area contributed by atoms with Crippen LogP contribution in [0.3, 0.4) is 0 Å². The lowest BCUT2D eigenvalue weighted by atomic mass is 9.96. The SMILES string of the molecule is [B]c1ccc(N2CCN(Cc3cc4c(c5ncccc35)OCN(CCC3=CCCCC3)C4)CC2)cc1. The van der Waals surface area contributed by atoms with Crippen LogP contribution in [0.1, 0.15) is 43.2 Å². The van der Waals surface area contributed by atoms with Gasteiger partial charge in [-0.05, 0) is 61.9 Å². The monoisotopic (exact) mass is 478 g/mol. The molecule has 1 aliphatic carbocycles. The van der Waals surface area contributed by atoms with Crippen molar-refractivity contribution in [3.05, 3.63) is 71.4 Å². The smallest absolute Gasteiger partial charge is 0.152 e. The van der Waals surface area contributed by atoms with E-state index in [9.17, 15) is 0 Å². The van der Waals surface area contributed by atoms with Gasteiger partial charge in [-0.3, -0.25) is 14.8 Å². The number of aromatic nitrogens is 1. The van der Waals surface area contributed by atoms with E-state index >= 15 is 0 Å². The lowest BCUT2D eigenvalue weighted by molar-refractivity contribution is 0.0976. The molecule has 6 rings (SSSR count). The first-order chi connectivity index (χ1) is 17.7. The van der Waals surface area contributed by atoms with Crippen LogP contribution < -0.4 is 15.1 Å². The summed E-state index contributed by atoms with van der Waals surface area (Å²) >= 11 is 0. The van der Waals surface area contributed by atoms with Gasteiger partial charge in [0, 0.05) is 68.6 Å². The summed E-state index contributed by atoms with van der Waals surface area (Å²) in [5, 5.41) is 1.22. The third-order valence-corrected chi connectivity index (χ3v) is 7.95. The number of pyridine rings is 1. The number of hydrogen-bond donors (Lipinski definition) is 0. The predicted octanol–water partition coefficient (Wildman–Crippen LogP) is 4.39. The third-order valence-electron chi connectivity index (χ3n) is 7.95. The molecule has 2 aromatic carbocycles. The number of benzene rings is 2. The van der Waals surface area contributed by atoms with E-state index in [1.807, 2.05) is 24.4 Å². The number of rotatable bonds is 6. The van der Waals surface area contributed by atoms with Crippen LogP contribution in [0.2, 0.25) is 0 Å². The molecule has 0 amide bonds. The zero-order chi connectivity index (χ0) is 24.3. The fourth-order valence-electron chi connectivity index (χ4n) is 5.87. The molecule has 0 saturated carbocycles. The van der Waals surface area contributed by atoms with Gasteiger partial charge in [-0.2, -0.15) is 0 Å². The molecule has 3 aliphatic rings. The fraction of sp³-hybridized carbons (Fsp3) is 0.433. The first kappa shape index (κ1) is 23.6. The number of fused-ring (bicyclic) bond motifs is 3. The maximum absolute atomic E-state index is 6.32. The van der Waals surface area contributed by atoms with Crippen molar-refractivity contribution in [2.75, 3.05) is 44.4 Å². The van der Waals surface area contributed by atoms with Gasteiger partial charge in [-0.25, -0.2) is 0 Å². The molecule has 1 saturated heterocycles. The molecule has 2 radical (unpaired) electrons. The van der Waals surface area contributed by atoms with Crippen LogP contribution in [-0.4, -0.2) is 62.1 Å². The zero-order valence-electron chi connectivity index (χ0n) is 21.2. The Bertz CT molecular complexity index is 1230. The molecule has 0 N–H and O–H groups in total. The van der Waals surface area contributed by atoms with Gasteiger partial charge in [0.05, 0.1) is 0 Å². The normalized spacial score (nSPS) is 19.1. The number of anilines is 1. The molecule has 5 nitrogen and oxygen atoms in total. The maximum Gasteiger partial charge on any atom is 0.152 e. The first-order valence-electron chi connectivity index (χ1n) is 13.5. The molecule has 0 atom stereocenters. The minimum Gasteiger partial charge on any atom is -0.475 e. The molecule has 0 unspecified atom stereocenters. The van der Waals surface area contributed by atoms with Crippen LogP contribution >= 0.6 is 0 Å². The van der Waals surface area contributed by atoms with Crippen molar-refractivity contribution in [1.29, 1.82) is 0 Å². The van der Waals surface area contributed by atoms with Crippen molar-refractivity contribution in [1.82, 2.24) is 14.8 Å². The second kappa shape index (κ2) is 10.7. The van der Waals surface area contributed by atoms with E-state index in [1.54, 1.807) is 5.57 Å². The number of allylic oxidation sites excluding steroid dienone is 1. The minimum atomic E-state index is 0.651. The molecule has 1 fully saturated rings. The van der Waals surface area contributed by atoms with E-state index in [4.69, 9.17) is 17.6 Å². The summed E-state index contributed by atoms with van der Waals surface area (Å²) in [6.07, 6.45) is 10.7. The van der Waals surface area contributed by atoms with E-state index in [0.717, 1.165) is 69.0 Å². The Morgan fingerprint density at radius 1 is 0.972 bits per heavy atom. The molecule has 3 aromatic rings. The Hall–Kier alpha value is -2.83. The number of hydrogen-bond acceptors (Lipinski definition) is 5. The van der Waals surface area contributed by atoms with Crippen molar-refractivity contribution < 1.29 is 4.74 Å². The zero-order valence-corrected chi connectivity index (χ0v) is 21.2. The van der Waals surface area contributed by atoms with Gasteiger partial charge in [-0.15, -0.1) is 0 Å². The van der Waals surface area contributed by atoms with Gasteiger partial charge in [0.1, 0.15) is 20.1 Å². The van der Waals surface area contributed by atoms with E-state index < -0.39 is 0 Å². The van der Waals surface area contributed by atoms with Crippen molar-refractivity contribution in [3.63, 3.8) is 0 Å². The Balaban J connectivity index is 1.15. The summed E-state index contributed by atoms with van der Waals surface area (Å²) in [4.78, 5) is 12.2. The summed E-state index contributed by atoms with van der Waals surface area (Å²) in [6.45, 7) is 7.73. The van der Waals surface area contributed by atoms with E-state index in [0.29, 0.717) is 6.73 Å². The average molecular weight is 478 g/mol. The number of nitrogens with zero attached hydrogens (tertiary/aromatic N) is 4. The highest BCUT2D eigenvalue weighted by molar-refractivity contribution is 6.32. The standard InChI is InChI=1S/C30H35BN4O/c31-26-8-10-27(11-9-26)35-17-15-33(16-18-35)20-24-19-25-21-34(14-12-23-5-2-1-3-6-23)22-36-30(25)29-28(24)7-4-13-32-29/h4-5,7-11,13,19H,1-3,6,12,14-18,20-22H2. The molecule has 2 aliphatic heterocycles. The lowest BCUT2D eigenvalue weighted by Crippen LogP contribution is -2.46. The minimum absolute atomic E-state index is 0.651. The Kier molecular flexibility index (Phi) is 6.97. The van der Waals surface area contributed by atoms with E-state index in [2.05, 4.69) is 45.0 Å². The summed E-state index contributed by atoms with van der Waals surface area (Å²) in [5.74, 6) is 0.982. The topological polar surface area (TPSA) is 31.8 Å². The van der Waals surface area contributed by atoms with Gasteiger partial charge in [0.15, 0.2) is 5.75 Å². The summed E-state index contributed by atoms with van der Waals surface area (Å²) in [5.41, 5.74) is 7.36. The molecule has 36 heavy (non-hydrogen) atoms. The van der Waals surface area contributed by atoms with Gasteiger partial charge in [0.2, 0.25) is 0 Å². The molecule has 1 aromatic heterocycles. The molecule has 0 bridgehead atoms. The highest BCUT2D eigenvalue weighted by Crippen LogP contribution is 2.35. The van der Waals surface area contributed by atoms with Crippen molar-refractivity contribution in [2.24, 2.45) is 0 Å². The fourth-order valence-corrected chi connectivity index (χ4v) is 5.87. The van der Waals surface area contributed by atoms with Gasteiger partial charge < -0.3 is 9.64 Å². The van der Waals surface area contributed by atoms with Gasteiger partial charge >= 0.3 is 0 Å². The second-order valence-corrected chi connectivity index (χ2v) is 10.5. The predicted molar refractivity (Wildman–Crippen MR) is 148 cm³/mol. The first-order valence-corrected chi connectivity index (χ1v) is 13.5. The van der Waals surface area contributed by atoms with Crippen LogP contribution in [0, 0.1) is 0 Å².